The molecule has 0 bridgehead atoms. The number of methoxy groups -OCH3 is 1. The quantitative estimate of drug-likeness (QED) is 0.857. The van der Waals surface area contributed by atoms with Gasteiger partial charge in [0.25, 0.3) is 0 Å². The van der Waals surface area contributed by atoms with Gasteiger partial charge in [-0.05, 0) is 43.9 Å². The fraction of sp³-hybridized carbons (Fsp3) is 0.667. The minimum atomic E-state index is 0.305. The van der Waals surface area contributed by atoms with Gasteiger partial charge in [-0.2, -0.15) is 0 Å². The summed E-state index contributed by atoms with van der Waals surface area (Å²) in [5.74, 6) is 0.994. The highest BCUT2D eigenvalue weighted by atomic mass is 16.5. The van der Waals surface area contributed by atoms with E-state index < -0.39 is 0 Å². The Labute approximate surface area is 129 Å². The van der Waals surface area contributed by atoms with E-state index in [0.29, 0.717) is 11.5 Å². The SMILES string of the molecule is CCCNC(C)c1c(OC)cccc1N1CCC(C)(C)C1. The Morgan fingerprint density at radius 2 is 2.14 bits per heavy atom. The molecule has 2 rings (SSSR count). The monoisotopic (exact) mass is 290 g/mol. The highest BCUT2D eigenvalue weighted by Gasteiger charge is 2.31. The second kappa shape index (κ2) is 6.69. The largest absolute Gasteiger partial charge is 0.496 e. The van der Waals surface area contributed by atoms with E-state index in [1.165, 1.54) is 17.7 Å². The summed E-state index contributed by atoms with van der Waals surface area (Å²) in [6.07, 6.45) is 2.39. The first-order chi connectivity index (χ1) is 9.98. The Morgan fingerprint density at radius 3 is 2.71 bits per heavy atom. The number of benzene rings is 1. The smallest absolute Gasteiger partial charge is 0.125 e. The van der Waals surface area contributed by atoms with Crippen molar-refractivity contribution >= 4 is 5.69 Å². The second-order valence-corrected chi connectivity index (χ2v) is 6.90. The van der Waals surface area contributed by atoms with E-state index >= 15 is 0 Å². The van der Waals surface area contributed by atoms with E-state index in [2.05, 4.69) is 56.1 Å². The number of nitrogens with zero attached hydrogens (tertiary/aromatic N) is 1. The topological polar surface area (TPSA) is 24.5 Å². The summed E-state index contributed by atoms with van der Waals surface area (Å²) in [7, 11) is 1.77. The molecule has 0 saturated carbocycles. The molecule has 0 aromatic heterocycles. The molecular weight excluding hydrogens is 260 g/mol. The van der Waals surface area contributed by atoms with Crippen molar-refractivity contribution in [3.63, 3.8) is 0 Å². The van der Waals surface area contributed by atoms with Crippen molar-refractivity contribution < 1.29 is 4.74 Å². The van der Waals surface area contributed by atoms with E-state index in [-0.39, 0.29) is 0 Å². The van der Waals surface area contributed by atoms with Crippen LogP contribution in [-0.4, -0.2) is 26.7 Å². The van der Waals surface area contributed by atoms with Gasteiger partial charge in [-0.3, -0.25) is 0 Å². The summed E-state index contributed by atoms with van der Waals surface area (Å²) < 4.78 is 5.63. The van der Waals surface area contributed by atoms with Crippen LogP contribution in [-0.2, 0) is 0 Å². The van der Waals surface area contributed by atoms with Crippen LogP contribution in [0.15, 0.2) is 18.2 Å². The van der Waals surface area contributed by atoms with Crippen LogP contribution in [0.25, 0.3) is 0 Å². The zero-order chi connectivity index (χ0) is 15.5. The van der Waals surface area contributed by atoms with E-state index in [1.54, 1.807) is 7.11 Å². The van der Waals surface area contributed by atoms with Crippen molar-refractivity contribution in [1.29, 1.82) is 0 Å². The van der Waals surface area contributed by atoms with E-state index in [4.69, 9.17) is 4.74 Å². The van der Waals surface area contributed by atoms with Crippen LogP contribution in [0.4, 0.5) is 5.69 Å². The lowest BCUT2D eigenvalue weighted by Gasteiger charge is -2.28. The van der Waals surface area contributed by atoms with Gasteiger partial charge >= 0.3 is 0 Å². The van der Waals surface area contributed by atoms with Crippen LogP contribution in [0.2, 0.25) is 0 Å². The molecule has 0 aliphatic carbocycles. The van der Waals surface area contributed by atoms with Crippen molar-refractivity contribution in [3.05, 3.63) is 23.8 Å². The van der Waals surface area contributed by atoms with E-state index in [9.17, 15) is 0 Å². The predicted octanol–water partition coefficient (Wildman–Crippen LogP) is 3.99. The number of hydrogen-bond donors (Lipinski definition) is 1. The molecule has 0 spiro atoms. The summed E-state index contributed by atoms with van der Waals surface area (Å²) in [5, 5.41) is 3.60. The molecule has 3 nitrogen and oxygen atoms in total. The van der Waals surface area contributed by atoms with Crippen LogP contribution in [0.5, 0.6) is 5.75 Å². The average molecular weight is 290 g/mol. The standard InChI is InChI=1S/C18H30N2O/c1-6-11-19-14(2)17-15(8-7-9-16(17)21-5)20-12-10-18(3,4)13-20/h7-9,14,19H,6,10-13H2,1-5H3. The Hall–Kier alpha value is -1.22. The molecule has 1 aliphatic heterocycles. The summed E-state index contributed by atoms with van der Waals surface area (Å²) in [5.41, 5.74) is 3.03. The maximum absolute atomic E-state index is 5.63. The lowest BCUT2D eigenvalue weighted by Crippen LogP contribution is -2.27. The molecule has 0 radical (unpaired) electrons. The van der Waals surface area contributed by atoms with Crippen LogP contribution in [0.3, 0.4) is 0 Å². The van der Waals surface area contributed by atoms with Crippen LogP contribution in [0.1, 0.15) is 52.1 Å². The molecule has 118 valence electrons. The lowest BCUT2D eigenvalue weighted by atomic mass is 9.93. The van der Waals surface area contributed by atoms with Gasteiger partial charge in [-0.25, -0.2) is 0 Å². The zero-order valence-corrected chi connectivity index (χ0v) is 14.2. The average Bonchev–Trinajstić information content (AvgIpc) is 2.83. The summed E-state index contributed by atoms with van der Waals surface area (Å²) in [4.78, 5) is 2.52. The molecule has 1 saturated heterocycles. The third-order valence-corrected chi connectivity index (χ3v) is 4.41. The molecule has 3 heteroatoms. The minimum absolute atomic E-state index is 0.305. The maximum Gasteiger partial charge on any atom is 0.125 e. The van der Waals surface area contributed by atoms with Crippen molar-refractivity contribution in [2.24, 2.45) is 5.41 Å². The molecule has 1 aromatic rings. The van der Waals surface area contributed by atoms with Gasteiger partial charge < -0.3 is 15.0 Å². The molecule has 1 N–H and O–H groups in total. The number of hydrogen-bond acceptors (Lipinski definition) is 3. The van der Waals surface area contributed by atoms with Crippen molar-refractivity contribution in [2.75, 3.05) is 31.6 Å². The Balaban J connectivity index is 2.32. The van der Waals surface area contributed by atoms with Gasteiger partial charge in [0.2, 0.25) is 0 Å². The molecule has 1 unspecified atom stereocenters. The highest BCUT2D eigenvalue weighted by Crippen LogP contribution is 2.39. The van der Waals surface area contributed by atoms with Gasteiger partial charge in [-0.15, -0.1) is 0 Å². The van der Waals surface area contributed by atoms with Crippen LogP contribution in [0, 0.1) is 5.41 Å². The molecular formula is C18H30N2O. The first kappa shape index (κ1) is 16.2. The molecule has 1 heterocycles. The van der Waals surface area contributed by atoms with Gasteiger partial charge in [0.1, 0.15) is 5.75 Å². The normalized spacial score (nSPS) is 18.8. The maximum atomic E-state index is 5.63. The van der Waals surface area contributed by atoms with E-state index in [1.807, 2.05) is 0 Å². The number of ether oxygens (including phenoxy) is 1. The number of nitrogens with one attached hydrogen (secondary N) is 1. The fourth-order valence-corrected chi connectivity index (χ4v) is 3.20. The summed E-state index contributed by atoms with van der Waals surface area (Å²) in [6, 6.07) is 6.73. The van der Waals surface area contributed by atoms with Crippen molar-refractivity contribution in [2.45, 2.75) is 46.6 Å². The van der Waals surface area contributed by atoms with Crippen LogP contribution < -0.4 is 15.0 Å². The number of anilines is 1. The van der Waals surface area contributed by atoms with Crippen LogP contribution >= 0.6 is 0 Å². The van der Waals surface area contributed by atoms with Crippen molar-refractivity contribution in [1.82, 2.24) is 5.32 Å². The van der Waals surface area contributed by atoms with Gasteiger partial charge in [0.05, 0.1) is 7.11 Å². The van der Waals surface area contributed by atoms with Gasteiger partial charge in [-0.1, -0.05) is 26.8 Å². The van der Waals surface area contributed by atoms with Gasteiger partial charge in [0, 0.05) is 30.4 Å². The summed E-state index contributed by atoms with van der Waals surface area (Å²) in [6.45, 7) is 12.4. The molecule has 1 fully saturated rings. The first-order valence-corrected chi connectivity index (χ1v) is 8.13. The third-order valence-electron chi connectivity index (χ3n) is 4.41. The third kappa shape index (κ3) is 3.70. The molecule has 1 atom stereocenters. The predicted molar refractivity (Wildman–Crippen MR) is 90.3 cm³/mol. The molecule has 1 aromatic carbocycles. The Kier molecular flexibility index (Phi) is 5.15. The number of rotatable bonds is 6. The summed E-state index contributed by atoms with van der Waals surface area (Å²) >= 11 is 0. The molecule has 1 aliphatic rings. The molecule has 21 heavy (non-hydrogen) atoms. The first-order valence-electron chi connectivity index (χ1n) is 8.13. The lowest BCUT2D eigenvalue weighted by molar-refractivity contribution is 0.401. The Bertz CT molecular complexity index is 470. The van der Waals surface area contributed by atoms with E-state index in [0.717, 1.165) is 31.8 Å². The Morgan fingerprint density at radius 1 is 1.38 bits per heavy atom. The minimum Gasteiger partial charge on any atom is -0.496 e. The fourth-order valence-electron chi connectivity index (χ4n) is 3.20. The van der Waals surface area contributed by atoms with Gasteiger partial charge in [0.15, 0.2) is 0 Å². The second-order valence-electron chi connectivity index (χ2n) is 6.90. The van der Waals surface area contributed by atoms with Crippen molar-refractivity contribution in [3.8, 4) is 5.75 Å². The zero-order valence-electron chi connectivity index (χ0n) is 14.2. The molecule has 0 amide bonds. The highest BCUT2D eigenvalue weighted by molar-refractivity contribution is 5.61.